The number of ketones is 1. The van der Waals surface area contributed by atoms with Crippen LogP contribution in [0, 0.1) is 11.6 Å². The molecule has 0 aliphatic carbocycles. The predicted molar refractivity (Wildman–Crippen MR) is 114 cm³/mol. The number of benzene rings is 2. The minimum absolute atomic E-state index is 0.127. The summed E-state index contributed by atoms with van der Waals surface area (Å²) in [4.78, 5) is 29.3. The number of hydrogen-bond acceptors (Lipinski definition) is 5. The van der Waals surface area contributed by atoms with Crippen molar-refractivity contribution in [1.82, 2.24) is 9.80 Å². The summed E-state index contributed by atoms with van der Waals surface area (Å²) in [5.41, 5.74) is 0.110. The average Bonchev–Trinajstić information content (AvgIpc) is 3.05. The molecule has 168 valence electrons. The second kappa shape index (κ2) is 9.58. The molecule has 8 heteroatoms. The zero-order chi connectivity index (χ0) is 22.7. The van der Waals surface area contributed by atoms with Crippen LogP contribution < -0.4 is 0 Å². The zero-order valence-corrected chi connectivity index (χ0v) is 17.5. The molecule has 32 heavy (non-hydrogen) atoms. The molecule has 0 bridgehead atoms. The first-order valence-electron chi connectivity index (χ1n) is 10.6. The molecule has 1 amide bonds. The highest BCUT2D eigenvalue weighted by atomic mass is 19.1. The molecule has 4 rings (SSSR count). The lowest BCUT2D eigenvalue weighted by Crippen LogP contribution is -2.39. The number of ether oxygens (including phenoxy) is 1. The molecule has 2 aliphatic heterocycles. The molecule has 2 heterocycles. The molecule has 1 N–H and O–H groups in total. The number of rotatable bonds is 6. The normalized spacial score (nSPS) is 21.3. The average molecular weight is 442 g/mol. The van der Waals surface area contributed by atoms with Gasteiger partial charge in [-0.25, -0.2) is 8.78 Å². The molecule has 2 fully saturated rings. The Kier molecular flexibility index (Phi) is 6.62. The van der Waals surface area contributed by atoms with Gasteiger partial charge in [-0.15, -0.1) is 0 Å². The van der Waals surface area contributed by atoms with Gasteiger partial charge in [-0.05, 0) is 36.8 Å². The van der Waals surface area contributed by atoms with Crippen molar-refractivity contribution in [3.8, 4) is 0 Å². The van der Waals surface area contributed by atoms with Gasteiger partial charge in [-0.3, -0.25) is 14.5 Å². The van der Waals surface area contributed by atoms with E-state index in [0.29, 0.717) is 26.2 Å². The van der Waals surface area contributed by atoms with Gasteiger partial charge < -0.3 is 14.7 Å². The summed E-state index contributed by atoms with van der Waals surface area (Å²) >= 11 is 0. The topological polar surface area (TPSA) is 70.1 Å². The van der Waals surface area contributed by atoms with Gasteiger partial charge in [0.25, 0.3) is 11.7 Å². The number of nitrogens with zero attached hydrogens (tertiary/aromatic N) is 2. The number of morpholine rings is 1. The van der Waals surface area contributed by atoms with E-state index in [9.17, 15) is 23.5 Å². The van der Waals surface area contributed by atoms with E-state index in [1.807, 2.05) is 0 Å². The van der Waals surface area contributed by atoms with E-state index < -0.39 is 35.1 Å². The highest BCUT2D eigenvalue weighted by Gasteiger charge is 2.46. The van der Waals surface area contributed by atoms with E-state index in [1.54, 1.807) is 6.07 Å². The Morgan fingerprint density at radius 3 is 2.38 bits per heavy atom. The van der Waals surface area contributed by atoms with Crippen LogP contribution in [0.1, 0.15) is 23.6 Å². The number of halogens is 2. The van der Waals surface area contributed by atoms with Crippen LogP contribution in [0.3, 0.4) is 0 Å². The first-order chi connectivity index (χ1) is 15.5. The number of aliphatic hydroxyl groups is 1. The van der Waals surface area contributed by atoms with E-state index in [0.717, 1.165) is 25.2 Å². The second-order valence-electron chi connectivity index (χ2n) is 7.83. The molecular weight excluding hydrogens is 418 g/mol. The predicted octanol–water partition coefficient (Wildman–Crippen LogP) is 3.11. The summed E-state index contributed by atoms with van der Waals surface area (Å²) in [5, 5.41) is 10.9. The van der Waals surface area contributed by atoms with Crippen molar-refractivity contribution in [2.75, 3.05) is 39.4 Å². The molecule has 2 saturated heterocycles. The summed E-state index contributed by atoms with van der Waals surface area (Å²) in [5.74, 6) is -3.21. The number of amides is 1. The summed E-state index contributed by atoms with van der Waals surface area (Å²) in [7, 11) is 0. The highest BCUT2D eigenvalue weighted by molar-refractivity contribution is 6.46. The molecule has 2 aromatic rings. The molecule has 0 saturated carbocycles. The maximum absolute atomic E-state index is 14.7. The molecule has 0 aromatic heterocycles. The van der Waals surface area contributed by atoms with Crippen LogP contribution in [-0.4, -0.2) is 66.0 Å². The number of hydrogen-bond donors (Lipinski definition) is 1. The van der Waals surface area contributed by atoms with E-state index in [2.05, 4.69) is 4.90 Å². The van der Waals surface area contributed by atoms with Crippen LogP contribution in [0.2, 0.25) is 0 Å². The number of likely N-dealkylation sites (tertiary alicyclic amines) is 1. The lowest BCUT2D eigenvalue weighted by Gasteiger charge is -2.29. The number of Topliss-reactive ketones (excluding diaryl/α,β-unsaturated/α-hetero) is 1. The number of carbonyl (C=O) groups is 2. The van der Waals surface area contributed by atoms with Crippen LogP contribution in [0.15, 0.2) is 54.1 Å². The Hall–Kier alpha value is -3.10. The quantitative estimate of drug-likeness (QED) is 0.423. The maximum atomic E-state index is 14.7. The Morgan fingerprint density at radius 1 is 1.00 bits per heavy atom. The smallest absolute Gasteiger partial charge is 0.295 e. The fourth-order valence-electron chi connectivity index (χ4n) is 4.18. The van der Waals surface area contributed by atoms with Gasteiger partial charge in [0.05, 0.1) is 24.8 Å². The molecule has 0 spiro atoms. The zero-order valence-electron chi connectivity index (χ0n) is 17.5. The molecule has 2 aliphatic rings. The van der Waals surface area contributed by atoms with Gasteiger partial charge in [0.1, 0.15) is 17.4 Å². The SMILES string of the molecule is O=C1C(=O)N(CCCN2CCOCC2)C(c2ccccc2F)C1=C(O)c1ccc(F)cc1. The molecule has 2 aromatic carbocycles. The van der Waals surface area contributed by atoms with E-state index in [1.165, 1.54) is 35.2 Å². The highest BCUT2D eigenvalue weighted by Crippen LogP contribution is 2.40. The third-order valence-corrected chi connectivity index (χ3v) is 5.83. The van der Waals surface area contributed by atoms with Crippen molar-refractivity contribution in [3.63, 3.8) is 0 Å². The monoisotopic (exact) mass is 442 g/mol. The maximum Gasteiger partial charge on any atom is 0.295 e. The van der Waals surface area contributed by atoms with Crippen molar-refractivity contribution in [3.05, 3.63) is 76.9 Å². The Bertz CT molecular complexity index is 1030. The lowest BCUT2D eigenvalue weighted by molar-refractivity contribution is -0.140. The van der Waals surface area contributed by atoms with Crippen molar-refractivity contribution in [2.24, 2.45) is 0 Å². The lowest BCUT2D eigenvalue weighted by atomic mass is 9.95. The van der Waals surface area contributed by atoms with Gasteiger partial charge in [0.15, 0.2) is 0 Å². The van der Waals surface area contributed by atoms with E-state index in [-0.39, 0.29) is 23.2 Å². The molecule has 6 nitrogen and oxygen atoms in total. The van der Waals surface area contributed by atoms with Gasteiger partial charge in [0.2, 0.25) is 0 Å². The molecular formula is C24H24F2N2O4. The molecule has 0 radical (unpaired) electrons. The van der Waals surface area contributed by atoms with Crippen molar-refractivity contribution >= 4 is 17.4 Å². The molecule has 1 atom stereocenters. The Balaban J connectivity index is 1.68. The third-order valence-electron chi connectivity index (χ3n) is 5.83. The van der Waals surface area contributed by atoms with Crippen molar-refractivity contribution in [2.45, 2.75) is 12.5 Å². The number of carbonyl (C=O) groups excluding carboxylic acids is 2. The van der Waals surface area contributed by atoms with Crippen LogP contribution in [0.25, 0.3) is 5.76 Å². The summed E-state index contributed by atoms with van der Waals surface area (Å²) in [6.07, 6.45) is 0.578. The first kappa shape index (κ1) is 22.1. The van der Waals surface area contributed by atoms with Crippen LogP contribution >= 0.6 is 0 Å². The first-order valence-corrected chi connectivity index (χ1v) is 10.6. The Labute approximate surface area is 184 Å². The summed E-state index contributed by atoms with van der Waals surface area (Å²) in [6.45, 7) is 3.81. The fourth-order valence-corrected chi connectivity index (χ4v) is 4.18. The molecule has 1 unspecified atom stereocenters. The van der Waals surface area contributed by atoms with Crippen molar-refractivity contribution in [1.29, 1.82) is 0 Å². The van der Waals surface area contributed by atoms with E-state index in [4.69, 9.17) is 4.74 Å². The standard InChI is InChI=1S/C24H24F2N2O4/c25-17-8-6-16(7-9-17)22(29)20-21(18-4-1-2-5-19(18)26)28(24(31)23(20)30)11-3-10-27-12-14-32-15-13-27/h1-2,4-9,21,29H,3,10-15H2. The van der Waals surface area contributed by atoms with Gasteiger partial charge >= 0.3 is 0 Å². The van der Waals surface area contributed by atoms with Gasteiger partial charge in [0, 0.05) is 37.3 Å². The minimum Gasteiger partial charge on any atom is -0.507 e. The van der Waals surface area contributed by atoms with Crippen molar-refractivity contribution < 1.29 is 28.2 Å². The van der Waals surface area contributed by atoms with Gasteiger partial charge in [-0.1, -0.05) is 18.2 Å². The van der Waals surface area contributed by atoms with Crippen LogP contribution in [0.5, 0.6) is 0 Å². The summed E-state index contributed by atoms with van der Waals surface area (Å²) < 4.78 is 33.4. The van der Waals surface area contributed by atoms with Gasteiger partial charge in [-0.2, -0.15) is 0 Å². The number of aliphatic hydroxyl groups excluding tert-OH is 1. The third kappa shape index (κ3) is 4.42. The van der Waals surface area contributed by atoms with Crippen LogP contribution in [0.4, 0.5) is 8.78 Å². The minimum atomic E-state index is -1.06. The van der Waals surface area contributed by atoms with E-state index >= 15 is 0 Å². The largest absolute Gasteiger partial charge is 0.507 e. The second-order valence-corrected chi connectivity index (χ2v) is 7.83. The fraction of sp³-hybridized carbons (Fsp3) is 0.333. The Morgan fingerprint density at radius 2 is 1.69 bits per heavy atom. The van der Waals surface area contributed by atoms with Crippen LogP contribution in [-0.2, 0) is 14.3 Å². The summed E-state index contributed by atoms with van der Waals surface area (Å²) in [6, 6.07) is 9.74.